The average molecular weight is 284 g/mol. The van der Waals surface area contributed by atoms with Gasteiger partial charge in [0.25, 0.3) is 0 Å². The maximum absolute atomic E-state index is 4.25. The topological polar surface area (TPSA) is 86.3 Å². The van der Waals surface area contributed by atoms with Crippen molar-refractivity contribution in [1.82, 2.24) is 40.3 Å². The molecular weight excluding hydrogens is 268 g/mol. The van der Waals surface area contributed by atoms with Crippen molar-refractivity contribution in [2.45, 2.75) is 19.5 Å². The Hall–Kier alpha value is -2.61. The Kier molecular flexibility index (Phi) is 3.69. The normalized spacial score (nSPS) is 12.5. The van der Waals surface area contributed by atoms with E-state index in [4.69, 9.17) is 0 Å². The molecule has 0 saturated heterocycles. The minimum absolute atomic E-state index is 0.172. The minimum Gasteiger partial charge on any atom is -0.303 e. The van der Waals surface area contributed by atoms with E-state index in [0.717, 1.165) is 17.1 Å². The van der Waals surface area contributed by atoms with Crippen LogP contribution in [-0.4, -0.2) is 35.0 Å². The largest absolute Gasteiger partial charge is 0.303 e. The Morgan fingerprint density at radius 1 is 1.29 bits per heavy atom. The van der Waals surface area contributed by atoms with Crippen molar-refractivity contribution in [3.8, 4) is 5.69 Å². The highest BCUT2D eigenvalue weighted by atomic mass is 15.5. The van der Waals surface area contributed by atoms with Crippen molar-refractivity contribution in [1.29, 1.82) is 0 Å². The highest BCUT2D eigenvalue weighted by Crippen LogP contribution is 2.16. The van der Waals surface area contributed by atoms with Crippen LogP contribution in [0.5, 0.6) is 0 Å². The summed E-state index contributed by atoms with van der Waals surface area (Å²) in [5, 5.41) is 18.8. The molecule has 1 aromatic carbocycles. The zero-order chi connectivity index (χ0) is 14.7. The van der Waals surface area contributed by atoms with Gasteiger partial charge in [0.05, 0.1) is 12.2 Å². The lowest BCUT2D eigenvalue weighted by atomic mass is 10.1. The monoisotopic (exact) mass is 284 g/mol. The smallest absolute Gasteiger partial charge is 0.164 e. The summed E-state index contributed by atoms with van der Waals surface area (Å²) < 4.78 is 3.33. The summed E-state index contributed by atoms with van der Waals surface area (Å²) >= 11 is 0. The molecule has 0 saturated carbocycles. The number of hydrogen-bond acceptors (Lipinski definition) is 6. The van der Waals surface area contributed by atoms with Gasteiger partial charge in [-0.25, -0.2) is 9.67 Å². The van der Waals surface area contributed by atoms with Gasteiger partial charge in [0.1, 0.15) is 12.7 Å². The van der Waals surface area contributed by atoms with E-state index in [9.17, 15) is 0 Å². The van der Waals surface area contributed by atoms with Gasteiger partial charge in [0, 0.05) is 13.1 Å². The van der Waals surface area contributed by atoms with E-state index < -0.39 is 0 Å². The van der Waals surface area contributed by atoms with E-state index >= 15 is 0 Å². The summed E-state index contributed by atoms with van der Waals surface area (Å²) in [7, 11) is 1.86. The average Bonchev–Trinajstić information content (AvgIpc) is 3.16. The van der Waals surface area contributed by atoms with Gasteiger partial charge < -0.3 is 5.32 Å². The molecule has 1 N–H and O–H groups in total. The second-order valence-electron chi connectivity index (χ2n) is 4.79. The van der Waals surface area contributed by atoms with Crippen molar-refractivity contribution >= 4 is 0 Å². The van der Waals surface area contributed by atoms with Crippen LogP contribution in [0.4, 0.5) is 0 Å². The molecule has 0 radical (unpaired) electrons. The quantitative estimate of drug-likeness (QED) is 0.740. The summed E-state index contributed by atoms with van der Waals surface area (Å²) in [4.78, 5) is 4.20. The lowest BCUT2D eigenvalue weighted by Gasteiger charge is -2.14. The first kappa shape index (κ1) is 13.4. The fourth-order valence-corrected chi connectivity index (χ4v) is 2.04. The molecule has 0 aliphatic heterocycles. The van der Waals surface area contributed by atoms with Gasteiger partial charge in [0.15, 0.2) is 5.82 Å². The lowest BCUT2D eigenvalue weighted by Crippen LogP contribution is -2.19. The predicted octanol–water partition coefficient (Wildman–Crippen LogP) is 0.642. The highest BCUT2D eigenvalue weighted by Gasteiger charge is 2.08. The fourth-order valence-electron chi connectivity index (χ4n) is 2.04. The first-order chi connectivity index (χ1) is 10.2. The van der Waals surface area contributed by atoms with E-state index in [1.165, 1.54) is 0 Å². The van der Waals surface area contributed by atoms with Gasteiger partial charge in [-0.3, -0.25) is 4.68 Å². The van der Waals surface area contributed by atoms with Crippen molar-refractivity contribution < 1.29 is 0 Å². The Bertz CT molecular complexity index is 703. The van der Waals surface area contributed by atoms with Crippen molar-refractivity contribution in [3.63, 3.8) is 0 Å². The molecule has 21 heavy (non-hydrogen) atoms. The summed E-state index contributed by atoms with van der Waals surface area (Å²) in [6.45, 7) is 2.72. The maximum atomic E-state index is 4.25. The van der Waals surface area contributed by atoms with Gasteiger partial charge in [-0.05, 0) is 35.0 Å². The molecule has 0 aliphatic rings. The van der Waals surface area contributed by atoms with Gasteiger partial charge in [0.2, 0.25) is 0 Å². The van der Waals surface area contributed by atoms with E-state index in [2.05, 4.69) is 50.0 Å². The zero-order valence-electron chi connectivity index (χ0n) is 11.9. The fraction of sp³-hybridized carbons (Fsp3) is 0.308. The molecule has 108 valence electrons. The molecule has 0 fully saturated rings. The molecule has 0 bridgehead atoms. The summed E-state index contributed by atoms with van der Waals surface area (Å²) in [5.74, 6) is 0.779. The van der Waals surface area contributed by atoms with Crippen molar-refractivity contribution in [3.05, 3.63) is 48.3 Å². The summed E-state index contributed by atoms with van der Waals surface area (Å²) in [6.07, 6.45) is 3.27. The van der Waals surface area contributed by atoms with Gasteiger partial charge in [-0.15, -0.1) is 5.10 Å². The molecule has 3 aromatic rings. The van der Waals surface area contributed by atoms with E-state index in [0.29, 0.717) is 6.54 Å². The molecular formula is C13H16N8. The van der Waals surface area contributed by atoms with E-state index in [1.54, 1.807) is 22.0 Å². The number of aryl methyl sites for hydroxylation is 1. The van der Waals surface area contributed by atoms with Gasteiger partial charge in [-0.1, -0.05) is 12.1 Å². The van der Waals surface area contributed by atoms with Crippen LogP contribution in [0, 0.1) is 0 Å². The number of nitrogens with zero attached hydrogens (tertiary/aromatic N) is 7. The van der Waals surface area contributed by atoms with Crippen LogP contribution in [-0.2, 0) is 13.6 Å². The van der Waals surface area contributed by atoms with Crippen LogP contribution in [0.25, 0.3) is 5.69 Å². The Balaban J connectivity index is 1.69. The van der Waals surface area contributed by atoms with Crippen molar-refractivity contribution in [2.75, 3.05) is 0 Å². The molecule has 0 aliphatic carbocycles. The van der Waals surface area contributed by atoms with Crippen LogP contribution in [0.15, 0.2) is 36.9 Å². The molecule has 2 heterocycles. The number of rotatable bonds is 5. The van der Waals surface area contributed by atoms with Crippen LogP contribution in [0.1, 0.15) is 24.4 Å². The minimum atomic E-state index is 0.172. The van der Waals surface area contributed by atoms with Crippen molar-refractivity contribution in [2.24, 2.45) is 7.05 Å². The maximum Gasteiger partial charge on any atom is 0.164 e. The SMILES string of the molecule is CC(NCc1ncn(C)n1)c1cccc(-n2cnnn2)c1. The van der Waals surface area contributed by atoms with Crippen LogP contribution in [0.3, 0.4) is 0 Å². The number of aromatic nitrogens is 7. The highest BCUT2D eigenvalue weighted by molar-refractivity contribution is 5.35. The Morgan fingerprint density at radius 2 is 2.19 bits per heavy atom. The number of benzene rings is 1. The first-order valence-corrected chi connectivity index (χ1v) is 6.63. The summed E-state index contributed by atoms with van der Waals surface area (Å²) in [5.41, 5.74) is 2.08. The second-order valence-corrected chi connectivity index (χ2v) is 4.79. The molecule has 2 aromatic heterocycles. The molecule has 0 spiro atoms. The number of tetrazole rings is 1. The van der Waals surface area contributed by atoms with Crippen LogP contribution >= 0.6 is 0 Å². The first-order valence-electron chi connectivity index (χ1n) is 6.63. The summed E-state index contributed by atoms with van der Waals surface area (Å²) in [6, 6.07) is 8.25. The molecule has 1 atom stereocenters. The number of nitrogens with one attached hydrogen (secondary N) is 1. The van der Waals surface area contributed by atoms with E-state index in [1.807, 2.05) is 19.2 Å². The Morgan fingerprint density at radius 3 is 2.90 bits per heavy atom. The molecule has 0 amide bonds. The van der Waals surface area contributed by atoms with Crippen LogP contribution in [0.2, 0.25) is 0 Å². The third-order valence-electron chi connectivity index (χ3n) is 3.20. The standard InChI is InChI=1S/C13H16N8/c1-10(14-7-13-15-8-20(2)17-13)11-4-3-5-12(6-11)21-9-16-18-19-21/h3-6,8-10,14H,7H2,1-2H3. The van der Waals surface area contributed by atoms with Gasteiger partial charge in [-0.2, -0.15) is 5.10 Å². The Labute approximate surface area is 121 Å². The van der Waals surface area contributed by atoms with E-state index in [-0.39, 0.29) is 6.04 Å². The molecule has 8 nitrogen and oxygen atoms in total. The second kappa shape index (κ2) is 5.80. The predicted molar refractivity (Wildman–Crippen MR) is 75.4 cm³/mol. The third-order valence-corrected chi connectivity index (χ3v) is 3.20. The molecule has 1 unspecified atom stereocenters. The number of hydrogen-bond donors (Lipinski definition) is 1. The third kappa shape index (κ3) is 3.11. The van der Waals surface area contributed by atoms with Gasteiger partial charge >= 0.3 is 0 Å². The molecule has 3 rings (SSSR count). The van der Waals surface area contributed by atoms with Crippen LogP contribution < -0.4 is 5.32 Å². The lowest BCUT2D eigenvalue weighted by molar-refractivity contribution is 0.555. The molecule has 8 heteroatoms. The zero-order valence-corrected chi connectivity index (χ0v) is 11.9.